The average molecular weight is 1280 g/mol. The van der Waals surface area contributed by atoms with Crippen LogP contribution in [0.5, 0.6) is 0 Å². The molecule has 3 N–H and O–H groups in total. The maximum Gasteiger partial charge on any atom is 0.169 e. The number of H-pyrrole nitrogens is 3. The number of hydrogen-bond acceptors (Lipinski definition) is 1. The van der Waals surface area contributed by atoms with Crippen LogP contribution in [0.4, 0.5) is 0 Å². The maximum absolute atomic E-state index is 10.5. The molecular weight excluding hydrogens is 1200 g/mol. The maximum atomic E-state index is 10.5. The number of benzene rings is 4. The van der Waals surface area contributed by atoms with Crippen LogP contribution in [0, 0.1) is 0 Å². The van der Waals surface area contributed by atoms with Crippen LogP contribution < -0.4 is 0 Å². The van der Waals surface area contributed by atoms with Gasteiger partial charge in [-0.1, -0.05) is 156 Å². The van der Waals surface area contributed by atoms with E-state index in [4.69, 9.17) is 0 Å². The molecule has 0 saturated heterocycles. The third-order valence-corrected chi connectivity index (χ3v) is 25.7. The van der Waals surface area contributed by atoms with Crippen LogP contribution >= 0.6 is 63.7 Å². The summed E-state index contributed by atoms with van der Waals surface area (Å²) in [7, 11) is -1.73. The Kier molecular flexibility index (Phi) is 21.1. The van der Waals surface area contributed by atoms with Gasteiger partial charge < -0.3 is 19.2 Å². The number of fused-ring (bicyclic) bond motifs is 4. The molecule has 4 aliphatic carbocycles. The third kappa shape index (κ3) is 14.3. The molecule has 0 aliphatic heterocycles. The van der Waals surface area contributed by atoms with Crippen LogP contribution in [0.2, 0.25) is 16.6 Å². The standard InChI is InChI=1S/C23H36BrNSi.C14H16BrN.C14H14BrN.C8H6BrN.C6H10O/c1-16(2)26(17(3)4,18(5)6)25-15-22(19-10-8-7-9-11-19)21-14-20(24)12-13-23(21)25;2*15-11-6-7-14-12(8-11)13(9-16-14)10-4-2-1-3-5-10;9-7-1-2-8-6(5-7)3-4-10-8;7-6-4-2-1-3-5-6/h12-19H,7-11H2,1-6H3;6-10,16H,1-5H2;4,6-9,16H,1-3,5H2;1-5,10H;1-5H2. The first-order valence-corrected chi connectivity index (χ1v) is 33.9. The lowest BCUT2D eigenvalue weighted by Crippen LogP contribution is -2.51. The van der Waals surface area contributed by atoms with Crippen LogP contribution in [-0.2, 0) is 4.79 Å². The molecule has 400 valence electrons. The smallest absolute Gasteiger partial charge is 0.169 e. The highest BCUT2D eigenvalue weighted by Crippen LogP contribution is 2.47. The van der Waals surface area contributed by atoms with Gasteiger partial charge in [-0.2, -0.15) is 0 Å². The Labute approximate surface area is 483 Å². The van der Waals surface area contributed by atoms with E-state index >= 15 is 0 Å². The number of aromatic amines is 3. The number of carbonyl (C=O) groups excluding carboxylic acids is 1. The molecule has 12 rings (SSSR count). The van der Waals surface area contributed by atoms with Gasteiger partial charge in [-0.05, 0) is 194 Å². The lowest BCUT2D eigenvalue weighted by atomic mass is 9.84. The SMILES string of the molecule is Brc1ccc2[nH]cc(C3=CCCCC3)c2c1.Brc1ccc2[nH]cc(C3CCCCC3)c2c1.Brc1ccc2[nH]ccc2c1.CC(C)[Si](C(C)C)(C(C)C)n1cc(C2CCCCC2)c2cc(Br)ccc21.O=C1CCCCC1. The lowest BCUT2D eigenvalue weighted by molar-refractivity contribution is -0.120. The molecule has 3 fully saturated rings. The minimum Gasteiger partial charge on any atom is -0.373 e. The van der Waals surface area contributed by atoms with Gasteiger partial charge in [-0.3, -0.25) is 4.79 Å². The van der Waals surface area contributed by atoms with E-state index in [0.717, 1.165) is 63.1 Å². The highest BCUT2D eigenvalue weighted by molar-refractivity contribution is 9.11. The molecule has 0 amide bonds. The number of Topliss-reactive ketones (excluding diaryl/α,β-unsaturated/α-hetero) is 1. The van der Waals surface area contributed by atoms with Crippen molar-refractivity contribution in [3.63, 3.8) is 0 Å². The minimum absolute atomic E-state index is 0.464. The second kappa shape index (κ2) is 27.5. The van der Waals surface area contributed by atoms with Crippen LogP contribution in [0.15, 0.2) is 128 Å². The van der Waals surface area contributed by atoms with Crippen LogP contribution in [0.1, 0.15) is 192 Å². The highest BCUT2D eigenvalue weighted by Gasteiger charge is 2.46. The van der Waals surface area contributed by atoms with Crippen molar-refractivity contribution in [2.75, 3.05) is 0 Å². The van der Waals surface area contributed by atoms with Crippen LogP contribution in [-0.4, -0.2) is 33.2 Å². The summed E-state index contributed by atoms with van der Waals surface area (Å²) >= 11 is 14.2. The molecule has 5 nitrogen and oxygen atoms in total. The molecule has 4 aromatic carbocycles. The molecule has 4 aliphatic rings. The number of ketones is 1. The van der Waals surface area contributed by atoms with Gasteiger partial charge in [0.1, 0.15) is 5.78 Å². The van der Waals surface area contributed by atoms with Gasteiger partial charge in [0.05, 0.1) is 0 Å². The second-order valence-corrected chi connectivity index (χ2v) is 32.1. The second-order valence-electron chi connectivity index (χ2n) is 22.7. The summed E-state index contributed by atoms with van der Waals surface area (Å²) in [6.45, 7) is 14.8. The first kappa shape index (κ1) is 57.8. The lowest BCUT2D eigenvalue weighted by Gasteiger charge is -2.44. The number of aromatic nitrogens is 4. The Bertz CT molecular complexity index is 3110. The molecule has 10 heteroatoms. The van der Waals surface area contributed by atoms with E-state index in [1.54, 1.807) is 5.56 Å². The summed E-state index contributed by atoms with van der Waals surface area (Å²) in [5.41, 5.74) is 13.4. The molecule has 0 atom stereocenters. The van der Waals surface area contributed by atoms with Gasteiger partial charge >= 0.3 is 0 Å². The third-order valence-electron chi connectivity index (χ3n) is 17.0. The first-order chi connectivity index (χ1) is 36.2. The van der Waals surface area contributed by atoms with Crippen molar-refractivity contribution in [2.45, 2.75) is 192 Å². The fraction of sp³-hybridized carbons (Fsp3) is 0.462. The number of allylic oxidation sites excluding steroid dienone is 2. The van der Waals surface area contributed by atoms with Crippen LogP contribution in [0.25, 0.3) is 49.2 Å². The molecule has 0 radical (unpaired) electrons. The van der Waals surface area contributed by atoms with Gasteiger partial charge in [0, 0.05) is 98.5 Å². The average Bonchev–Trinajstić information content (AvgIpc) is 4.24. The highest BCUT2D eigenvalue weighted by atomic mass is 79.9. The van der Waals surface area contributed by atoms with E-state index in [1.165, 1.54) is 166 Å². The molecule has 8 aromatic rings. The number of nitrogens with one attached hydrogen (secondary N) is 3. The molecular formula is C65H82Br4N4OSi. The monoisotopic (exact) mass is 1280 g/mol. The van der Waals surface area contributed by atoms with E-state index < -0.39 is 8.24 Å². The summed E-state index contributed by atoms with van der Waals surface area (Å²) in [5.74, 6) is 1.99. The normalized spacial score (nSPS) is 16.8. The van der Waals surface area contributed by atoms with Gasteiger partial charge in [0.15, 0.2) is 8.24 Å². The van der Waals surface area contributed by atoms with E-state index in [9.17, 15) is 4.79 Å². The van der Waals surface area contributed by atoms with Crippen molar-refractivity contribution < 1.29 is 4.79 Å². The van der Waals surface area contributed by atoms with E-state index in [2.05, 4.69) is 222 Å². The van der Waals surface area contributed by atoms with Crippen molar-refractivity contribution in [1.82, 2.24) is 19.2 Å². The first-order valence-electron chi connectivity index (χ1n) is 28.5. The molecule has 3 saturated carbocycles. The van der Waals surface area contributed by atoms with Gasteiger partial charge in [0.25, 0.3) is 0 Å². The zero-order valence-electron chi connectivity index (χ0n) is 45.6. The minimum atomic E-state index is -1.73. The molecule has 0 bridgehead atoms. The van der Waals surface area contributed by atoms with E-state index in [-0.39, 0.29) is 0 Å². The van der Waals surface area contributed by atoms with Crippen molar-refractivity contribution in [3.05, 3.63) is 144 Å². The number of halogens is 4. The number of rotatable bonds is 7. The van der Waals surface area contributed by atoms with Crippen LogP contribution in [0.3, 0.4) is 0 Å². The van der Waals surface area contributed by atoms with Gasteiger partial charge in [-0.15, -0.1) is 0 Å². The Morgan fingerprint density at radius 3 is 1.59 bits per heavy atom. The summed E-state index contributed by atoms with van der Waals surface area (Å²) in [6.07, 6.45) is 35.5. The van der Waals surface area contributed by atoms with Gasteiger partial charge in [0.2, 0.25) is 0 Å². The van der Waals surface area contributed by atoms with Crippen molar-refractivity contribution >= 4 is 127 Å². The molecule has 4 aromatic heterocycles. The number of nitrogens with zero attached hydrogens (tertiary/aromatic N) is 1. The van der Waals surface area contributed by atoms with E-state index in [0.29, 0.717) is 5.78 Å². The predicted molar refractivity (Wildman–Crippen MR) is 340 cm³/mol. The Balaban J connectivity index is 0.000000132. The Hall–Kier alpha value is -3.41. The Morgan fingerprint density at radius 1 is 0.507 bits per heavy atom. The van der Waals surface area contributed by atoms with E-state index in [1.807, 2.05) is 12.3 Å². The quantitative estimate of drug-likeness (QED) is 0.137. The fourth-order valence-electron chi connectivity index (χ4n) is 13.4. The summed E-state index contributed by atoms with van der Waals surface area (Å²) in [4.78, 5) is 20.3. The molecule has 4 heterocycles. The molecule has 75 heavy (non-hydrogen) atoms. The zero-order valence-corrected chi connectivity index (χ0v) is 52.9. The molecule has 0 unspecified atom stereocenters. The summed E-state index contributed by atoms with van der Waals surface area (Å²) in [5, 5.41) is 5.49. The topological polar surface area (TPSA) is 69.4 Å². The van der Waals surface area contributed by atoms with Crippen molar-refractivity contribution in [2.24, 2.45) is 0 Å². The number of carbonyl (C=O) groups is 1. The van der Waals surface area contributed by atoms with Gasteiger partial charge in [-0.25, -0.2) is 0 Å². The van der Waals surface area contributed by atoms with Crippen molar-refractivity contribution in [3.8, 4) is 0 Å². The Morgan fingerprint density at radius 2 is 1.01 bits per heavy atom. The summed E-state index contributed by atoms with van der Waals surface area (Å²) < 4.78 is 7.48. The number of hydrogen-bond donors (Lipinski definition) is 3. The molecule has 0 spiro atoms. The predicted octanol–water partition coefficient (Wildman–Crippen LogP) is 22.8. The zero-order chi connectivity index (χ0) is 53.1. The fourth-order valence-corrected chi connectivity index (χ4v) is 21.5. The largest absolute Gasteiger partial charge is 0.373 e. The van der Waals surface area contributed by atoms with Crippen molar-refractivity contribution in [1.29, 1.82) is 0 Å². The summed E-state index contributed by atoms with van der Waals surface area (Å²) in [6, 6.07) is 28.1.